The van der Waals surface area contributed by atoms with Gasteiger partial charge in [-0.25, -0.2) is 4.98 Å². The summed E-state index contributed by atoms with van der Waals surface area (Å²) in [6.07, 6.45) is 8.72. The van der Waals surface area contributed by atoms with Crippen molar-refractivity contribution in [3.8, 4) is 0 Å². The first-order chi connectivity index (χ1) is 12.8. The lowest BCUT2D eigenvalue weighted by Gasteiger charge is -2.33. The molecule has 1 unspecified atom stereocenters. The molecule has 0 bridgehead atoms. The standard InChI is InChI=1S/C21H21N3O2/c25-21(17-9-6-11-22-14-17)24-12-5-4-10-19(24)20-23-15-18(26-20)13-16-7-2-1-3-8-16/h1-3,6-9,11,14-15,19H,4-5,10,12-13H2. The van der Waals surface area contributed by atoms with Crippen molar-refractivity contribution in [2.24, 2.45) is 0 Å². The Morgan fingerprint density at radius 2 is 2.00 bits per heavy atom. The lowest BCUT2D eigenvalue weighted by atomic mass is 10.0. The van der Waals surface area contributed by atoms with Crippen molar-refractivity contribution in [2.45, 2.75) is 31.7 Å². The molecule has 5 nitrogen and oxygen atoms in total. The van der Waals surface area contributed by atoms with E-state index in [0.29, 0.717) is 17.9 Å². The lowest BCUT2D eigenvalue weighted by molar-refractivity contribution is 0.0569. The third-order valence-corrected chi connectivity index (χ3v) is 4.75. The largest absolute Gasteiger partial charge is 0.443 e. The third-order valence-electron chi connectivity index (χ3n) is 4.75. The van der Waals surface area contributed by atoms with E-state index in [9.17, 15) is 4.79 Å². The molecule has 4 rings (SSSR count). The molecule has 2 aromatic heterocycles. The van der Waals surface area contributed by atoms with Crippen LogP contribution >= 0.6 is 0 Å². The molecule has 0 aliphatic carbocycles. The molecule has 0 spiro atoms. The Balaban J connectivity index is 1.54. The number of aromatic nitrogens is 2. The Morgan fingerprint density at radius 3 is 2.81 bits per heavy atom. The predicted octanol–water partition coefficient (Wildman–Crippen LogP) is 4.03. The van der Waals surface area contributed by atoms with Crippen LogP contribution in [0.3, 0.4) is 0 Å². The summed E-state index contributed by atoms with van der Waals surface area (Å²) in [5.41, 5.74) is 1.79. The van der Waals surface area contributed by atoms with Crippen LogP contribution < -0.4 is 0 Å². The van der Waals surface area contributed by atoms with Gasteiger partial charge >= 0.3 is 0 Å². The zero-order valence-electron chi connectivity index (χ0n) is 14.5. The Hall–Kier alpha value is -2.95. The molecule has 1 fully saturated rings. The number of carbonyl (C=O) groups is 1. The molecule has 1 saturated heterocycles. The van der Waals surface area contributed by atoms with E-state index in [1.54, 1.807) is 30.7 Å². The summed E-state index contributed by atoms with van der Waals surface area (Å²) in [6, 6.07) is 13.7. The number of nitrogens with zero attached hydrogens (tertiary/aromatic N) is 3. The van der Waals surface area contributed by atoms with Crippen molar-refractivity contribution in [1.82, 2.24) is 14.9 Å². The Morgan fingerprint density at radius 1 is 1.12 bits per heavy atom. The minimum atomic E-state index is -0.110. The number of carbonyl (C=O) groups excluding carboxylic acids is 1. The van der Waals surface area contributed by atoms with Gasteiger partial charge in [0.25, 0.3) is 5.91 Å². The molecule has 1 aliphatic rings. The highest BCUT2D eigenvalue weighted by Crippen LogP contribution is 2.32. The van der Waals surface area contributed by atoms with E-state index >= 15 is 0 Å². The molecule has 0 N–H and O–H groups in total. The topological polar surface area (TPSA) is 59.2 Å². The maximum absolute atomic E-state index is 12.9. The normalized spacial score (nSPS) is 17.2. The first-order valence-corrected chi connectivity index (χ1v) is 9.01. The maximum atomic E-state index is 12.9. The zero-order chi connectivity index (χ0) is 17.8. The number of pyridine rings is 1. The van der Waals surface area contributed by atoms with Gasteiger partial charge in [0.1, 0.15) is 11.8 Å². The van der Waals surface area contributed by atoms with Crippen molar-refractivity contribution in [2.75, 3.05) is 6.54 Å². The fourth-order valence-corrected chi connectivity index (χ4v) is 3.44. The van der Waals surface area contributed by atoms with Crippen LogP contribution in [0, 0.1) is 0 Å². The summed E-state index contributed by atoms with van der Waals surface area (Å²) in [6.45, 7) is 0.717. The minimum absolute atomic E-state index is 0.00870. The van der Waals surface area contributed by atoms with E-state index in [1.807, 2.05) is 23.1 Å². The fraction of sp³-hybridized carbons (Fsp3) is 0.286. The second-order valence-corrected chi connectivity index (χ2v) is 6.58. The van der Waals surface area contributed by atoms with Crippen LogP contribution in [0.5, 0.6) is 0 Å². The number of rotatable bonds is 4. The zero-order valence-corrected chi connectivity index (χ0v) is 14.5. The summed E-state index contributed by atoms with van der Waals surface area (Å²) < 4.78 is 6.02. The highest BCUT2D eigenvalue weighted by molar-refractivity contribution is 5.94. The Bertz CT molecular complexity index is 861. The van der Waals surface area contributed by atoms with Crippen LogP contribution in [0.15, 0.2) is 65.5 Å². The summed E-state index contributed by atoms with van der Waals surface area (Å²) in [5, 5.41) is 0. The smallest absolute Gasteiger partial charge is 0.256 e. The van der Waals surface area contributed by atoms with Gasteiger partial charge in [-0.3, -0.25) is 9.78 Å². The average Bonchev–Trinajstić information content (AvgIpc) is 3.17. The van der Waals surface area contributed by atoms with Gasteiger partial charge in [-0.1, -0.05) is 30.3 Å². The second-order valence-electron chi connectivity index (χ2n) is 6.58. The number of benzene rings is 1. The van der Waals surface area contributed by atoms with Gasteiger partial charge in [0.15, 0.2) is 0 Å². The van der Waals surface area contributed by atoms with E-state index < -0.39 is 0 Å². The average molecular weight is 347 g/mol. The second kappa shape index (κ2) is 7.52. The van der Waals surface area contributed by atoms with Crippen LogP contribution in [0.4, 0.5) is 0 Å². The molecule has 5 heteroatoms. The van der Waals surface area contributed by atoms with E-state index in [1.165, 1.54) is 5.56 Å². The third kappa shape index (κ3) is 3.52. The number of oxazole rings is 1. The van der Waals surface area contributed by atoms with Crippen molar-refractivity contribution in [3.05, 3.63) is 83.8 Å². The number of likely N-dealkylation sites (tertiary alicyclic amines) is 1. The Labute approximate surface area is 152 Å². The van der Waals surface area contributed by atoms with E-state index in [-0.39, 0.29) is 11.9 Å². The van der Waals surface area contributed by atoms with Crippen LogP contribution in [-0.4, -0.2) is 27.3 Å². The van der Waals surface area contributed by atoms with Crippen LogP contribution in [0.1, 0.15) is 52.9 Å². The summed E-state index contributed by atoms with van der Waals surface area (Å²) in [7, 11) is 0. The SMILES string of the molecule is O=C(c1cccnc1)N1CCCCC1c1ncc(Cc2ccccc2)o1. The van der Waals surface area contributed by atoms with Crippen LogP contribution in [0.25, 0.3) is 0 Å². The maximum Gasteiger partial charge on any atom is 0.256 e. The Kier molecular flexibility index (Phi) is 4.78. The molecule has 132 valence electrons. The quantitative estimate of drug-likeness (QED) is 0.715. The summed E-state index contributed by atoms with van der Waals surface area (Å²) in [5.74, 6) is 1.45. The lowest BCUT2D eigenvalue weighted by Crippen LogP contribution is -2.38. The van der Waals surface area contributed by atoms with Gasteiger partial charge in [-0.2, -0.15) is 0 Å². The van der Waals surface area contributed by atoms with Crippen molar-refractivity contribution < 1.29 is 9.21 Å². The van der Waals surface area contributed by atoms with Gasteiger partial charge in [0.2, 0.25) is 5.89 Å². The first kappa shape index (κ1) is 16.5. The summed E-state index contributed by atoms with van der Waals surface area (Å²) in [4.78, 5) is 23.3. The van der Waals surface area contributed by atoms with Crippen molar-refractivity contribution in [1.29, 1.82) is 0 Å². The molecule has 0 saturated carbocycles. The highest BCUT2D eigenvalue weighted by Gasteiger charge is 2.32. The monoisotopic (exact) mass is 347 g/mol. The molecular weight excluding hydrogens is 326 g/mol. The highest BCUT2D eigenvalue weighted by atomic mass is 16.4. The van der Waals surface area contributed by atoms with E-state index in [2.05, 4.69) is 22.1 Å². The molecule has 1 amide bonds. The van der Waals surface area contributed by atoms with Crippen molar-refractivity contribution >= 4 is 5.91 Å². The summed E-state index contributed by atoms with van der Waals surface area (Å²) >= 11 is 0. The van der Waals surface area contributed by atoms with Gasteiger partial charge in [0.05, 0.1) is 11.8 Å². The predicted molar refractivity (Wildman–Crippen MR) is 97.6 cm³/mol. The number of hydrogen-bond donors (Lipinski definition) is 0. The number of amides is 1. The van der Waals surface area contributed by atoms with Crippen LogP contribution in [0.2, 0.25) is 0 Å². The van der Waals surface area contributed by atoms with Crippen LogP contribution in [-0.2, 0) is 6.42 Å². The van der Waals surface area contributed by atoms with E-state index in [4.69, 9.17) is 4.42 Å². The molecule has 0 radical (unpaired) electrons. The number of hydrogen-bond acceptors (Lipinski definition) is 4. The first-order valence-electron chi connectivity index (χ1n) is 9.01. The molecule has 1 atom stereocenters. The molecule has 3 heterocycles. The van der Waals surface area contributed by atoms with E-state index in [0.717, 1.165) is 31.6 Å². The fourth-order valence-electron chi connectivity index (χ4n) is 3.44. The van der Waals surface area contributed by atoms with Gasteiger partial charge in [-0.15, -0.1) is 0 Å². The van der Waals surface area contributed by atoms with Crippen molar-refractivity contribution in [3.63, 3.8) is 0 Å². The molecule has 1 aliphatic heterocycles. The minimum Gasteiger partial charge on any atom is -0.443 e. The molecule has 3 aromatic rings. The van der Waals surface area contributed by atoms with Gasteiger partial charge in [-0.05, 0) is 37.0 Å². The molecule has 26 heavy (non-hydrogen) atoms. The molecular formula is C21H21N3O2. The number of piperidine rings is 1. The van der Waals surface area contributed by atoms with Gasteiger partial charge in [0, 0.05) is 25.4 Å². The molecule has 1 aromatic carbocycles. The van der Waals surface area contributed by atoms with Gasteiger partial charge < -0.3 is 9.32 Å².